The number of nitrogens with one attached hydrogen (secondary N) is 1. The number of anilines is 1. The molecule has 24 heavy (non-hydrogen) atoms. The molecule has 128 valence electrons. The number of rotatable bonds is 5. The van der Waals surface area contributed by atoms with Crippen molar-refractivity contribution in [2.75, 3.05) is 31.2 Å². The van der Waals surface area contributed by atoms with Gasteiger partial charge in [-0.05, 0) is 42.8 Å². The molecule has 2 aromatic rings. The van der Waals surface area contributed by atoms with Gasteiger partial charge in [-0.15, -0.1) is 0 Å². The predicted octanol–water partition coefficient (Wildman–Crippen LogP) is 3.22. The van der Waals surface area contributed by atoms with Gasteiger partial charge in [0.15, 0.2) is 0 Å². The van der Waals surface area contributed by atoms with E-state index >= 15 is 0 Å². The van der Waals surface area contributed by atoms with Crippen molar-refractivity contribution in [3.8, 4) is 5.75 Å². The fourth-order valence-corrected chi connectivity index (χ4v) is 2.94. The molecule has 1 unspecified atom stereocenters. The standard InChI is InChI=1S/C19H23FN2O2/c1-14(18-12-16(20)5-6-19(18)23)21-13-15-3-2-4-17(11-15)22-7-9-24-10-8-22/h2-6,11-12,14,21,23H,7-10,13H2,1H3. The Hall–Kier alpha value is -2.11. The van der Waals surface area contributed by atoms with E-state index in [4.69, 9.17) is 4.74 Å². The minimum absolute atomic E-state index is 0.110. The summed E-state index contributed by atoms with van der Waals surface area (Å²) in [5, 5.41) is 13.2. The lowest BCUT2D eigenvalue weighted by atomic mass is 10.1. The summed E-state index contributed by atoms with van der Waals surface area (Å²) < 4.78 is 18.8. The van der Waals surface area contributed by atoms with Crippen LogP contribution in [0.2, 0.25) is 0 Å². The molecule has 1 atom stereocenters. The molecule has 0 aromatic heterocycles. The zero-order valence-electron chi connectivity index (χ0n) is 13.8. The van der Waals surface area contributed by atoms with Crippen LogP contribution in [0.3, 0.4) is 0 Å². The average Bonchev–Trinajstić information content (AvgIpc) is 2.63. The number of phenols is 1. The maximum atomic E-state index is 13.4. The summed E-state index contributed by atoms with van der Waals surface area (Å²) in [6, 6.07) is 12.3. The van der Waals surface area contributed by atoms with Crippen molar-refractivity contribution >= 4 is 5.69 Å². The number of halogens is 1. The van der Waals surface area contributed by atoms with Gasteiger partial charge in [0.05, 0.1) is 13.2 Å². The van der Waals surface area contributed by atoms with Crippen molar-refractivity contribution in [3.05, 3.63) is 59.4 Å². The Morgan fingerprint density at radius 3 is 2.79 bits per heavy atom. The summed E-state index contributed by atoms with van der Waals surface area (Å²) in [6.07, 6.45) is 0. The maximum absolute atomic E-state index is 13.4. The summed E-state index contributed by atoms with van der Waals surface area (Å²) >= 11 is 0. The smallest absolute Gasteiger partial charge is 0.123 e. The van der Waals surface area contributed by atoms with Crippen LogP contribution in [0.1, 0.15) is 24.1 Å². The highest BCUT2D eigenvalue weighted by molar-refractivity contribution is 5.49. The van der Waals surface area contributed by atoms with Crippen molar-refractivity contribution < 1.29 is 14.2 Å². The molecule has 3 rings (SSSR count). The lowest BCUT2D eigenvalue weighted by Crippen LogP contribution is -2.36. The fourth-order valence-electron chi connectivity index (χ4n) is 2.94. The summed E-state index contributed by atoms with van der Waals surface area (Å²) in [7, 11) is 0. The highest BCUT2D eigenvalue weighted by Crippen LogP contribution is 2.25. The number of nitrogens with zero attached hydrogens (tertiary/aromatic N) is 1. The number of morpholine rings is 1. The van der Waals surface area contributed by atoms with Crippen LogP contribution >= 0.6 is 0 Å². The number of aromatic hydroxyl groups is 1. The second-order valence-electron chi connectivity index (χ2n) is 6.08. The molecule has 5 heteroatoms. The molecule has 0 aliphatic carbocycles. The third kappa shape index (κ3) is 4.04. The van der Waals surface area contributed by atoms with Crippen LogP contribution < -0.4 is 10.2 Å². The summed E-state index contributed by atoms with van der Waals surface area (Å²) in [4.78, 5) is 2.31. The van der Waals surface area contributed by atoms with Gasteiger partial charge in [0.1, 0.15) is 11.6 Å². The molecule has 0 radical (unpaired) electrons. The molecule has 1 aliphatic heterocycles. The van der Waals surface area contributed by atoms with Crippen LogP contribution in [-0.2, 0) is 11.3 Å². The quantitative estimate of drug-likeness (QED) is 0.883. The topological polar surface area (TPSA) is 44.7 Å². The second kappa shape index (κ2) is 7.64. The van der Waals surface area contributed by atoms with Crippen LogP contribution in [-0.4, -0.2) is 31.4 Å². The molecule has 1 saturated heterocycles. The van der Waals surface area contributed by atoms with Crippen LogP contribution in [0.15, 0.2) is 42.5 Å². The first-order chi connectivity index (χ1) is 11.6. The van der Waals surface area contributed by atoms with Crippen LogP contribution in [0, 0.1) is 5.82 Å². The van der Waals surface area contributed by atoms with Crippen molar-refractivity contribution in [2.45, 2.75) is 19.5 Å². The van der Waals surface area contributed by atoms with E-state index < -0.39 is 0 Å². The number of phenolic OH excluding ortho intramolecular Hbond substituents is 1. The first-order valence-corrected chi connectivity index (χ1v) is 8.27. The number of hydrogen-bond donors (Lipinski definition) is 2. The van der Waals surface area contributed by atoms with Crippen molar-refractivity contribution in [1.29, 1.82) is 0 Å². The van der Waals surface area contributed by atoms with Gasteiger partial charge in [-0.1, -0.05) is 12.1 Å². The summed E-state index contributed by atoms with van der Waals surface area (Å²) in [5.74, 6) is -0.232. The Bertz CT molecular complexity index is 687. The van der Waals surface area contributed by atoms with Gasteiger partial charge in [-0.25, -0.2) is 4.39 Å². The molecule has 1 aliphatic rings. The average molecular weight is 330 g/mol. The Balaban J connectivity index is 1.64. The van der Waals surface area contributed by atoms with Crippen LogP contribution in [0.25, 0.3) is 0 Å². The van der Waals surface area contributed by atoms with E-state index in [1.54, 1.807) is 0 Å². The first-order valence-electron chi connectivity index (χ1n) is 8.27. The van der Waals surface area contributed by atoms with E-state index in [2.05, 4.69) is 28.4 Å². The van der Waals surface area contributed by atoms with E-state index in [1.807, 2.05) is 13.0 Å². The van der Waals surface area contributed by atoms with Gasteiger partial charge in [0.2, 0.25) is 0 Å². The number of ether oxygens (including phenoxy) is 1. The third-order valence-electron chi connectivity index (χ3n) is 4.36. The van der Waals surface area contributed by atoms with E-state index in [0.717, 1.165) is 31.9 Å². The van der Waals surface area contributed by atoms with Gasteiger partial charge < -0.3 is 20.1 Å². The highest BCUT2D eigenvalue weighted by atomic mass is 19.1. The van der Waals surface area contributed by atoms with Crippen LogP contribution in [0.5, 0.6) is 5.75 Å². The molecule has 4 nitrogen and oxygen atoms in total. The molecular weight excluding hydrogens is 307 g/mol. The Morgan fingerprint density at radius 1 is 1.21 bits per heavy atom. The van der Waals surface area contributed by atoms with Crippen molar-refractivity contribution in [3.63, 3.8) is 0 Å². The lowest BCUT2D eigenvalue weighted by Gasteiger charge is -2.29. The summed E-state index contributed by atoms with van der Waals surface area (Å²) in [6.45, 7) is 5.90. The number of hydrogen-bond acceptors (Lipinski definition) is 4. The normalized spacial score (nSPS) is 16.2. The summed E-state index contributed by atoms with van der Waals surface area (Å²) in [5.41, 5.74) is 2.92. The minimum atomic E-state index is -0.342. The van der Waals surface area contributed by atoms with Gasteiger partial charge >= 0.3 is 0 Å². The molecule has 1 fully saturated rings. The van der Waals surface area contributed by atoms with Gasteiger partial charge in [-0.3, -0.25) is 0 Å². The Kier molecular flexibility index (Phi) is 5.33. The van der Waals surface area contributed by atoms with E-state index in [0.29, 0.717) is 12.1 Å². The van der Waals surface area contributed by atoms with Crippen LogP contribution in [0.4, 0.5) is 10.1 Å². The SMILES string of the molecule is CC(NCc1cccc(N2CCOCC2)c1)c1cc(F)ccc1O. The molecular formula is C19H23FN2O2. The zero-order valence-corrected chi connectivity index (χ0v) is 13.8. The highest BCUT2D eigenvalue weighted by Gasteiger charge is 2.13. The fraction of sp³-hybridized carbons (Fsp3) is 0.368. The van der Waals surface area contributed by atoms with E-state index in [9.17, 15) is 9.50 Å². The Morgan fingerprint density at radius 2 is 2.00 bits per heavy atom. The second-order valence-corrected chi connectivity index (χ2v) is 6.08. The molecule has 0 amide bonds. The molecule has 1 heterocycles. The molecule has 0 bridgehead atoms. The Labute approximate surface area is 141 Å². The van der Waals surface area contributed by atoms with E-state index in [-0.39, 0.29) is 17.6 Å². The van der Waals surface area contributed by atoms with Crippen molar-refractivity contribution in [2.24, 2.45) is 0 Å². The predicted molar refractivity (Wildman–Crippen MR) is 92.8 cm³/mol. The van der Waals surface area contributed by atoms with E-state index in [1.165, 1.54) is 23.9 Å². The molecule has 2 N–H and O–H groups in total. The monoisotopic (exact) mass is 330 g/mol. The van der Waals surface area contributed by atoms with Gasteiger partial charge in [0.25, 0.3) is 0 Å². The zero-order chi connectivity index (χ0) is 16.9. The van der Waals surface area contributed by atoms with Crippen molar-refractivity contribution in [1.82, 2.24) is 5.32 Å². The first kappa shape index (κ1) is 16.7. The lowest BCUT2D eigenvalue weighted by molar-refractivity contribution is 0.122. The third-order valence-corrected chi connectivity index (χ3v) is 4.36. The molecule has 0 saturated carbocycles. The maximum Gasteiger partial charge on any atom is 0.123 e. The molecule has 2 aromatic carbocycles. The van der Waals surface area contributed by atoms with Gasteiger partial charge in [0, 0.05) is 36.9 Å². The largest absolute Gasteiger partial charge is 0.508 e. The molecule has 0 spiro atoms. The van der Waals surface area contributed by atoms with Gasteiger partial charge in [-0.2, -0.15) is 0 Å². The number of benzene rings is 2. The minimum Gasteiger partial charge on any atom is -0.508 e.